The number of methoxy groups -OCH3 is 1. The van der Waals surface area contributed by atoms with Crippen LogP contribution in [0.5, 0.6) is 11.5 Å². The average molecular weight is 404 g/mol. The Balaban J connectivity index is 1.80. The van der Waals surface area contributed by atoms with Gasteiger partial charge in [-0.25, -0.2) is 4.99 Å². The highest BCUT2D eigenvalue weighted by molar-refractivity contribution is 8.14. The molecule has 2 N–H and O–H groups in total. The summed E-state index contributed by atoms with van der Waals surface area (Å²) >= 11 is 1.54. The number of rotatable bonds is 3. The van der Waals surface area contributed by atoms with E-state index in [9.17, 15) is 9.90 Å². The molecule has 0 saturated carbocycles. The molecule has 2 atom stereocenters. The third-order valence-electron chi connectivity index (χ3n) is 5.29. The van der Waals surface area contributed by atoms with Gasteiger partial charge in [0.15, 0.2) is 17.3 Å². The largest absolute Gasteiger partial charge is 0.504 e. The second kappa shape index (κ2) is 7.00. The van der Waals surface area contributed by atoms with Crippen molar-refractivity contribution in [3.05, 3.63) is 39.7 Å². The van der Waals surface area contributed by atoms with Crippen molar-refractivity contribution in [3.8, 4) is 11.5 Å². The number of benzene rings is 1. The Hall–Kier alpha value is -2.19. The van der Waals surface area contributed by atoms with Crippen LogP contribution in [0.1, 0.15) is 56.0 Å². The van der Waals surface area contributed by atoms with Crippen molar-refractivity contribution in [1.29, 1.82) is 0 Å². The van der Waals surface area contributed by atoms with Crippen LogP contribution in [0.25, 0.3) is 0 Å². The topological polar surface area (TPSA) is 88.8 Å². The van der Waals surface area contributed by atoms with E-state index in [0.29, 0.717) is 23.7 Å². The molecule has 1 aromatic heterocycles. The van der Waals surface area contributed by atoms with E-state index >= 15 is 0 Å². The summed E-state index contributed by atoms with van der Waals surface area (Å²) in [5.74, 6) is 1.16. The first-order valence-corrected chi connectivity index (χ1v) is 10.2. The summed E-state index contributed by atoms with van der Waals surface area (Å²) in [4.78, 5) is 17.6. The molecule has 0 aliphatic carbocycles. The van der Waals surface area contributed by atoms with Crippen molar-refractivity contribution < 1.29 is 14.6 Å². The Kier molecular flexibility index (Phi) is 4.79. The highest BCUT2D eigenvalue weighted by atomic mass is 32.2. The Morgan fingerprint density at radius 3 is 2.93 bits per heavy atom. The van der Waals surface area contributed by atoms with Crippen LogP contribution in [0.15, 0.2) is 28.0 Å². The normalized spacial score (nSPS) is 23.8. The second-order valence-corrected chi connectivity index (χ2v) is 9.16. The average Bonchev–Trinajstić information content (AvgIpc) is 2.97. The van der Waals surface area contributed by atoms with Crippen LogP contribution in [-0.4, -0.2) is 39.2 Å². The van der Waals surface area contributed by atoms with E-state index in [1.807, 2.05) is 17.7 Å². The fourth-order valence-corrected chi connectivity index (χ4v) is 5.08. The fraction of sp³-hybridized carbons (Fsp3) is 0.500. The molecule has 1 fully saturated rings. The standard InChI is InChI=1S/C20H25N3O4S/c1-11-21-18-16(17(28-11)12-5-6-14(24)15(9-12)26-4)19(25)22-23(18)13-7-8-27-20(2,3)10-13/h5-6,9,13,17,24H,7-8,10H2,1-4H3,(H,22,25)/t13-,17+/m1/s1. The zero-order chi connectivity index (χ0) is 20.1. The number of aromatic hydroxyl groups is 1. The highest BCUT2D eigenvalue weighted by Gasteiger charge is 2.36. The smallest absolute Gasteiger partial charge is 0.271 e. The molecule has 3 heterocycles. The van der Waals surface area contributed by atoms with Gasteiger partial charge in [0.05, 0.1) is 34.6 Å². The van der Waals surface area contributed by atoms with Crippen molar-refractivity contribution in [2.75, 3.05) is 13.7 Å². The van der Waals surface area contributed by atoms with Crippen LogP contribution in [0.2, 0.25) is 0 Å². The molecule has 0 spiro atoms. The maximum Gasteiger partial charge on any atom is 0.271 e. The van der Waals surface area contributed by atoms with E-state index in [-0.39, 0.29) is 28.2 Å². The molecular weight excluding hydrogens is 378 g/mol. The van der Waals surface area contributed by atoms with E-state index in [1.54, 1.807) is 12.1 Å². The van der Waals surface area contributed by atoms with Crippen molar-refractivity contribution in [1.82, 2.24) is 9.78 Å². The van der Waals surface area contributed by atoms with Gasteiger partial charge in [-0.2, -0.15) is 0 Å². The number of ether oxygens (including phenoxy) is 2. The SMILES string of the molecule is COc1cc([C@@H]2SC(C)=Nc3c2c(=O)[nH]n3[C@@H]2CCOC(C)(C)C2)ccc1O. The zero-order valence-corrected chi connectivity index (χ0v) is 17.3. The van der Waals surface area contributed by atoms with Crippen LogP contribution in [0.3, 0.4) is 0 Å². The van der Waals surface area contributed by atoms with Gasteiger partial charge in [-0.15, -0.1) is 0 Å². The molecule has 4 rings (SSSR count). The monoisotopic (exact) mass is 403 g/mol. The van der Waals surface area contributed by atoms with Crippen molar-refractivity contribution in [2.45, 2.75) is 50.5 Å². The Morgan fingerprint density at radius 1 is 1.43 bits per heavy atom. The molecule has 0 radical (unpaired) electrons. The Labute approximate surface area is 167 Å². The molecule has 150 valence electrons. The van der Waals surface area contributed by atoms with Crippen LogP contribution in [0.4, 0.5) is 5.82 Å². The summed E-state index contributed by atoms with van der Waals surface area (Å²) < 4.78 is 13.0. The third kappa shape index (κ3) is 3.35. The number of fused-ring (bicyclic) bond motifs is 1. The lowest BCUT2D eigenvalue weighted by atomic mass is 9.94. The molecule has 2 aliphatic heterocycles. The molecule has 2 aliphatic rings. The number of phenolic OH excluding ortho intramolecular Hbond substituents is 1. The predicted molar refractivity (Wildman–Crippen MR) is 110 cm³/mol. The predicted octanol–water partition coefficient (Wildman–Crippen LogP) is 3.91. The summed E-state index contributed by atoms with van der Waals surface area (Å²) in [6, 6.07) is 5.34. The number of aliphatic imine (C=N–C) groups is 1. The lowest BCUT2D eigenvalue weighted by molar-refractivity contribution is -0.0705. The number of thioether (sulfide) groups is 1. The number of hydrogen-bond donors (Lipinski definition) is 2. The molecule has 1 aromatic carbocycles. The van der Waals surface area contributed by atoms with Crippen molar-refractivity contribution in [2.24, 2.45) is 4.99 Å². The quantitative estimate of drug-likeness (QED) is 0.811. The number of aromatic nitrogens is 2. The molecule has 2 aromatic rings. The van der Waals surface area contributed by atoms with Gasteiger partial charge in [0.1, 0.15) is 0 Å². The zero-order valence-electron chi connectivity index (χ0n) is 16.5. The molecule has 1 saturated heterocycles. The van der Waals surface area contributed by atoms with Gasteiger partial charge in [-0.1, -0.05) is 17.8 Å². The van der Waals surface area contributed by atoms with Gasteiger partial charge in [0.2, 0.25) is 0 Å². The molecule has 0 bridgehead atoms. The van der Waals surface area contributed by atoms with Crippen LogP contribution >= 0.6 is 11.8 Å². The van der Waals surface area contributed by atoms with E-state index in [0.717, 1.165) is 23.4 Å². The summed E-state index contributed by atoms with van der Waals surface area (Å²) in [5, 5.41) is 13.6. The molecular formula is C20H25N3O4S. The lowest BCUT2D eigenvalue weighted by Crippen LogP contribution is -2.35. The maximum absolute atomic E-state index is 12.9. The van der Waals surface area contributed by atoms with Crippen molar-refractivity contribution in [3.63, 3.8) is 0 Å². The number of nitrogens with zero attached hydrogens (tertiary/aromatic N) is 2. The van der Waals surface area contributed by atoms with Gasteiger partial charge in [-0.05, 0) is 51.3 Å². The number of hydrogen-bond acceptors (Lipinski definition) is 6. The number of H-pyrrole nitrogens is 1. The van der Waals surface area contributed by atoms with Crippen LogP contribution < -0.4 is 10.3 Å². The van der Waals surface area contributed by atoms with Gasteiger partial charge in [0, 0.05) is 6.61 Å². The third-order valence-corrected chi connectivity index (χ3v) is 6.47. The van der Waals surface area contributed by atoms with Gasteiger partial charge < -0.3 is 14.6 Å². The Bertz CT molecular complexity index is 992. The summed E-state index contributed by atoms with van der Waals surface area (Å²) in [7, 11) is 1.52. The molecule has 0 amide bonds. The highest BCUT2D eigenvalue weighted by Crippen LogP contribution is 2.46. The molecule has 7 nitrogen and oxygen atoms in total. The number of phenols is 1. The van der Waals surface area contributed by atoms with Crippen LogP contribution in [-0.2, 0) is 4.74 Å². The number of aromatic amines is 1. The van der Waals surface area contributed by atoms with Gasteiger partial charge in [-0.3, -0.25) is 14.6 Å². The summed E-state index contributed by atoms with van der Waals surface area (Å²) in [6.07, 6.45) is 1.64. The molecule has 8 heteroatoms. The summed E-state index contributed by atoms with van der Waals surface area (Å²) in [5.41, 5.74) is 1.18. The first-order chi connectivity index (χ1) is 13.3. The van der Waals surface area contributed by atoms with Crippen LogP contribution in [0, 0.1) is 0 Å². The first kappa shape index (κ1) is 19.1. The van der Waals surface area contributed by atoms with Crippen molar-refractivity contribution >= 4 is 22.6 Å². The van der Waals surface area contributed by atoms with E-state index in [2.05, 4.69) is 18.9 Å². The van der Waals surface area contributed by atoms with E-state index < -0.39 is 0 Å². The summed E-state index contributed by atoms with van der Waals surface area (Å²) in [6.45, 7) is 6.75. The first-order valence-electron chi connectivity index (χ1n) is 9.36. The van der Waals surface area contributed by atoms with Gasteiger partial charge in [0.25, 0.3) is 5.56 Å². The minimum atomic E-state index is -0.233. The minimum Gasteiger partial charge on any atom is -0.504 e. The molecule has 0 unspecified atom stereocenters. The Morgan fingerprint density at radius 2 is 2.21 bits per heavy atom. The number of nitrogens with one attached hydrogen (secondary N) is 1. The van der Waals surface area contributed by atoms with E-state index in [1.165, 1.54) is 18.9 Å². The second-order valence-electron chi connectivity index (χ2n) is 7.86. The minimum absolute atomic E-state index is 0.0774. The lowest BCUT2D eigenvalue weighted by Gasteiger charge is -2.36. The van der Waals surface area contributed by atoms with Gasteiger partial charge >= 0.3 is 0 Å². The van der Waals surface area contributed by atoms with E-state index in [4.69, 9.17) is 14.5 Å². The fourth-order valence-electron chi connectivity index (χ4n) is 3.99. The molecule has 28 heavy (non-hydrogen) atoms. The maximum atomic E-state index is 12.9.